The lowest BCUT2D eigenvalue weighted by Gasteiger charge is -2.32. The summed E-state index contributed by atoms with van der Waals surface area (Å²) in [5.41, 5.74) is -0.0912. The van der Waals surface area contributed by atoms with Crippen LogP contribution in [-0.4, -0.2) is 97.6 Å². The fraction of sp³-hybridized carbons (Fsp3) is 0.867. The van der Waals surface area contributed by atoms with E-state index in [0.717, 1.165) is 28.5 Å². The molecule has 0 aromatic heterocycles. The lowest BCUT2D eigenvalue weighted by Crippen LogP contribution is -2.45. The number of rotatable bonds is 10. The fourth-order valence-corrected chi connectivity index (χ4v) is 4.91. The fourth-order valence-electron chi connectivity index (χ4n) is 2.87. The highest BCUT2D eigenvalue weighted by molar-refractivity contribution is 14.1. The van der Waals surface area contributed by atoms with Gasteiger partial charge in [-0.25, -0.2) is 0 Å². The molecule has 0 N–H and O–H groups in total. The van der Waals surface area contributed by atoms with Crippen molar-refractivity contribution < 1.29 is 18.6 Å². The predicted octanol–water partition coefficient (Wildman–Crippen LogP) is 1.32. The molecule has 1 fully saturated rings. The highest BCUT2D eigenvalue weighted by atomic mass is 127. The van der Waals surface area contributed by atoms with Crippen molar-refractivity contribution >= 4 is 47.5 Å². The van der Waals surface area contributed by atoms with E-state index in [1.54, 1.807) is 0 Å². The van der Waals surface area contributed by atoms with Crippen LogP contribution in [0.5, 0.6) is 0 Å². The molecule has 0 spiro atoms. The minimum Gasteiger partial charge on any atom is -0.331 e. The van der Waals surface area contributed by atoms with Crippen molar-refractivity contribution in [3.8, 4) is 0 Å². The quantitative estimate of drug-likeness (QED) is 0.164. The lowest BCUT2D eigenvalue weighted by molar-refractivity contribution is -0.902. The van der Waals surface area contributed by atoms with Crippen molar-refractivity contribution in [2.24, 2.45) is 0 Å². The van der Waals surface area contributed by atoms with Crippen LogP contribution < -0.4 is 0 Å². The topological polar surface area (TPSA) is 37.4 Å². The summed E-state index contributed by atoms with van der Waals surface area (Å²) in [4.78, 5) is 27.7. The van der Waals surface area contributed by atoms with Crippen LogP contribution in [0.1, 0.15) is 19.3 Å². The average molecular weight is 454 g/mol. The number of imide groups is 1. The first-order valence-electron chi connectivity index (χ1n) is 8.20. The molecule has 0 saturated carbocycles. The maximum absolute atomic E-state index is 12.2. The summed E-state index contributed by atoms with van der Waals surface area (Å²) >= 11 is 2.16. The van der Waals surface area contributed by atoms with E-state index in [2.05, 4.69) is 57.6 Å². The summed E-state index contributed by atoms with van der Waals surface area (Å²) in [5.74, 6) is 0.0534. The molecule has 5 nitrogen and oxygen atoms in total. The van der Waals surface area contributed by atoms with Gasteiger partial charge in [0.2, 0.25) is 16.7 Å². The predicted molar refractivity (Wildman–Crippen MR) is 107 cm³/mol. The van der Waals surface area contributed by atoms with E-state index < -0.39 is 0 Å². The lowest BCUT2D eigenvalue weighted by atomic mass is 10.2. The second-order valence-corrected chi connectivity index (χ2v) is 11.1. The zero-order valence-corrected chi connectivity index (χ0v) is 18.3. The van der Waals surface area contributed by atoms with Gasteiger partial charge in [0.1, 0.15) is 0 Å². The molecule has 131 valence electrons. The van der Waals surface area contributed by atoms with E-state index in [-0.39, 0.29) is 17.5 Å². The van der Waals surface area contributed by atoms with Gasteiger partial charge in [0, 0.05) is 25.8 Å². The minimum atomic E-state index is -0.0912. The summed E-state index contributed by atoms with van der Waals surface area (Å²) in [7, 11) is 11.6. The van der Waals surface area contributed by atoms with Crippen molar-refractivity contribution in [3.63, 3.8) is 0 Å². The first kappa shape index (κ1) is 21.3. The van der Waals surface area contributed by atoms with Gasteiger partial charge in [0.05, 0.1) is 60.5 Å². The van der Waals surface area contributed by atoms with Crippen molar-refractivity contribution in [1.29, 1.82) is 0 Å². The molecule has 8 heteroatoms. The van der Waals surface area contributed by atoms with Gasteiger partial charge in [-0.15, -0.1) is 8.46 Å². The third kappa shape index (κ3) is 7.80. The van der Waals surface area contributed by atoms with E-state index >= 15 is 0 Å². The second kappa shape index (κ2) is 9.11. The Bertz CT molecular complexity index is 429. The molecule has 23 heavy (non-hydrogen) atoms. The Morgan fingerprint density at radius 3 is 2.30 bits per heavy atom. The number of quaternary nitrogens is 2. The maximum Gasteiger partial charge on any atom is 0.236 e. The molecule has 0 aromatic rings. The number of carbonyl (C=O) groups is 2. The van der Waals surface area contributed by atoms with Crippen LogP contribution in [0.15, 0.2) is 0 Å². The molecular formula is C15H31BIN3O2P+2. The van der Waals surface area contributed by atoms with Crippen LogP contribution in [0.3, 0.4) is 0 Å². The van der Waals surface area contributed by atoms with Gasteiger partial charge in [-0.2, -0.15) is 22.4 Å². The van der Waals surface area contributed by atoms with Gasteiger partial charge in [0.25, 0.3) is 0 Å². The number of nitrogens with zero attached hydrogens (tertiary/aromatic N) is 3. The number of likely N-dealkylation sites (tertiary alicyclic amines) is 1. The second-order valence-electron chi connectivity index (χ2n) is 8.02. The molecule has 1 saturated heterocycles. The summed E-state index contributed by atoms with van der Waals surface area (Å²) in [6.07, 6.45) is 2.48. The van der Waals surface area contributed by atoms with E-state index in [4.69, 9.17) is 0 Å². The molecule has 0 bridgehead atoms. The Labute approximate surface area is 157 Å². The molecule has 1 rings (SSSR count). The van der Waals surface area contributed by atoms with Crippen LogP contribution in [-0.2, 0) is 9.59 Å². The van der Waals surface area contributed by atoms with Crippen LogP contribution in [0, 0.1) is 0 Å². The third-order valence-corrected chi connectivity index (χ3v) is 6.30. The summed E-state index contributed by atoms with van der Waals surface area (Å²) in [6, 6.07) is 0. The normalized spacial score (nSPS) is 20.1. The Morgan fingerprint density at radius 1 is 1.13 bits per heavy atom. The van der Waals surface area contributed by atoms with Crippen LogP contribution >= 0.6 is 30.8 Å². The first-order chi connectivity index (χ1) is 10.6. The molecular weight excluding hydrogens is 423 g/mol. The Morgan fingerprint density at radius 2 is 1.74 bits per heavy atom. The molecule has 1 radical (unpaired) electrons. The zero-order valence-electron chi connectivity index (χ0n) is 15.1. The highest BCUT2D eigenvalue weighted by Gasteiger charge is 2.37. The summed E-state index contributed by atoms with van der Waals surface area (Å²) in [5, 5.41) is 0. The number of hydrogen-bond acceptors (Lipinski definition) is 2. The monoisotopic (exact) mass is 454 g/mol. The molecule has 0 aliphatic carbocycles. The smallest absolute Gasteiger partial charge is 0.236 e. The SMILES string of the molecule is C[N+](C)(C)CCC[N+](C)(C)CCCN1C(=O)CC(P[B]I)C1=O. The zero-order chi connectivity index (χ0) is 17.7. The molecule has 2 amide bonds. The van der Waals surface area contributed by atoms with Crippen molar-refractivity contribution in [1.82, 2.24) is 4.90 Å². The van der Waals surface area contributed by atoms with Crippen molar-refractivity contribution in [2.75, 3.05) is 61.4 Å². The highest BCUT2D eigenvalue weighted by Crippen LogP contribution is 2.30. The van der Waals surface area contributed by atoms with Gasteiger partial charge in [0.15, 0.2) is 0 Å². The standard InChI is InChI=1S/C15H31BIN3O2P/c1-19(2,3)9-7-11-20(4,5)10-6-8-18-14(21)12-13(15(18)22)23-16-17/h13,23H,6-12H2,1-5H3/q+2. The van der Waals surface area contributed by atoms with E-state index in [1.165, 1.54) is 17.9 Å². The van der Waals surface area contributed by atoms with Gasteiger partial charge in [-0.05, 0) is 0 Å². The van der Waals surface area contributed by atoms with E-state index in [9.17, 15) is 9.59 Å². The van der Waals surface area contributed by atoms with Crippen molar-refractivity contribution in [2.45, 2.75) is 24.9 Å². The van der Waals surface area contributed by atoms with E-state index in [0.29, 0.717) is 21.4 Å². The number of hydrogen-bond donors (Lipinski definition) is 0. The van der Waals surface area contributed by atoms with Crippen LogP contribution in [0.25, 0.3) is 0 Å². The first-order valence-corrected chi connectivity index (χ1v) is 10.6. The molecule has 1 aliphatic heterocycles. The Hall–Kier alpha value is 0.285. The van der Waals surface area contributed by atoms with Crippen molar-refractivity contribution in [3.05, 3.63) is 0 Å². The Balaban J connectivity index is 2.35. The largest absolute Gasteiger partial charge is 0.331 e. The summed E-state index contributed by atoms with van der Waals surface area (Å²) in [6.45, 7) is 3.88. The van der Waals surface area contributed by atoms with Gasteiger partial charge < -0.3 is 8.97 Å². The summed E-state index contributed by atoms with van der Waals surface area (Å²) < 4.78 is 1.94. The molecule has 1 heterocycles. The molecule has 1 aliphatic rings. The third-order valence-electron chi connectivity index (χ3n) is 4.25. The van der Waals surface area contributed by atoms with Gasteiger partial charge in [-0.3, -0.25) is 14.5 Å². The maximum atomic E-state index is 12.2. The average Bonchev–Trinajstić information content (AvgIpc) is 2.65. The molecule has 0 aromatic carbocycles. The van der Waals surface area contributed by atoms with Crippen LogP contribution in [0.4, 0.5) is 0 Å². The molecule has 2 unspecified atom stereocenters. The Kier molecular flexibility index (Phi) is 8.45. The van der Waals surface area contributed by atoms with Gasteiger partial charge >= 0.3 is 0 Å². The number of carbonyl (C=O) groups excluding carboxylic acids is 2. The number of halogens is 1. The number of amides is 2. The van der Waals surface area contributed by atoms with E-state index in [1.807, 2.05) is 4.86 Å². The van der Waals surface area contributed by atoms with Crippen LogP contribution in [0.2, 0.25) is 0 Å². The van der Waals surface area contributed by atoms with Gasteiger partial charge in [-0.1, -0.05) is 0 Å². The minimum absolute atomic E-state index is 0.0149. The molecule has 2 atom stereocenters.